The summed E-state index contributed by atoms with van der Waals surface area (Å²) < 4.78 is 41.0. The smallest absolute Gasteiger partial charge is 0.406 e. The summed E-state index contributed by atoms with van der Waals surface area (Å²) in [5.41, 5.74) is 8.13. The highest BCUT2D eigenvalue weighted by atomic mass is 19.4. The Bertz CT molecular complexity index is 1100. The van der Waals surface area contributed by atoms with Crippen LogP contribution in [0.4, 0.5) is 13.2 Å². The fourth-order valence-corrected chi connectivity index (χ4v) is 3.40. The third-order valence-corrected chi connectivity index (χ3v) is 4.61. The van der Waals surface area contributed by atoms with Crippen LogP contribution in [0.1, 0.15) is 17.2 Å². The Morgan fingerprint density at radius 3 is 2.00 bits per heavy atom. The van der Waals surface area contributed by atoms with Crippen molar-refractivity contribution in [2.24, 2.45) is 5.73 Å². The van der Waals surface area contributed by atoms with Gasteiger partial charge in [0.2, 0.25) is 0 Å². The van der Waals surface area contributed by atoms with E-state index in [0.29, 0.717) is 5.56 Å². The average Bonchev–Trinajstić information content (AvgIpc) is 2.66. The molecule has 2 nitrogen and oxygen atoms in total. The first-order chi connectivity index (χ1) is 12.9. The van der Waals surface area contributed by atoms with E-state index in [-0.39, 0.29) is 5.75 Å². The van der Waals surface area contributed by atoms with Crippen LogP contribution in [0.5, 0.6) is 5.75 Å². The molecule has 4 rings (SSSR count). The SMILES string of the molecule is N[C@@H](c1ccc(OC(F)(F)F)cc1)c1cc2ccccc2c2ccccc12. The summed E-state index contributed by atoms with van der Waals surface area (Å²) in [6.45, 7) is 0. The van der Waals surface area contributed by atoms with Gasteiger partial charge in [-0.1, -0.05) is 60.7 Å². The lowest BCUT2D eigenvalue weighted by atomic mass is 9.91. The molecule has 0 amide bonds. The topological polar surface area (TPSA) is 35.2 Å². The van der Waals surface area contributed by atoms with Crippen molar-refractivity contribution in [3.05, 3.63) is 90.0 Å². The summed E-state index contributed by atoms with van der Waals surface area (Å²) in [5.74, 6) is -0.262. The number of rotatable bonds is 3. The Balaban J connectivity index is 1.79. The third kappa shape index (κ3) is 3.46. The van der Waals surface area contributed by atoms with Crippen molar-refractivity contribution in [1.29, 1.82) is 0 Å². The lowest BCUT2D eigenvalue weighted by Crippen LogP contribution is -2.17. The first-order valence-electron chi connectivity index (χ1n) is 8.44. The van der Waals surface area contributed by atoms with E-state index in [1.165, 1.54) is 12.1 Å². The number of halogens is 3. The quantitative estimate of drug-likeness (QED) is 0.455. The highest BCUT2D eigenvalue weighted by molar-refractivity contribution is 6.09. The molecule has 5 heteroatoms. The first kappa shape index (κ1) is 17.4. The normalized spacial score (nSPS) is 13.0. The predicted octanol–water partition coefficient (Wildman–Crippen LogP) is 5.94. The number of benzene rings is 4. The van der Waals surface area contributed by atoms with Crippen molar-refractivity contribution in [3.63, 3.8) is 0 Å². The maximum Gasteiger partial charge on any atom is 0.573 e. The van der Waals surface area contributed by atoms with Gasteiger partial charge in [-0.3, -0.25) is 0 Å². The van der Waals surface area contributed by atoms with E-state index >= 15 is 0 Å². The largest absolute Gasteiger partial charge is 0.573 e. The van der Waals surface area contributed by atoms with E-state index in [1.54, 1.807) is 12.1 Å². The summed E-state index contributed by atoms with van der Waals surface area (Å²) in [7, 11) is 0. The summed E-state index contributed by atoms with van der Waals surface area (Å²) >= 11 is 0. The van der Waals surface area contributed by atoms with Gasteiger partial charge in [-0.2, -0.15) is 0 Å². The zero-order valence-electron chi connectivity index (χ0n) is 14.2. The fourth-order valence-electron chi connectivity index (χ4n) is 3.40. The molecule has 136 valence electrons. The molecule has 0 fully saturated rings. The number of hydrogen-bond acceptors (Lipinski definition) is 2. The molecule has 0 aromatic heterocycles. The molecule has 0 spiro atoms. The molecule has 0 heterocycles. The second-order valence-corrected chi connectivity index (χ2v) is 6.33. The Morgan fingerprint density at radius 2 is 1.33 bits per heavy atom. The molecule has 0 radical (unpaired) electrons. The molecule has 0 aliphatic heterocycles. The van der Waals surface area contributed by atoms with Crippen molar-refractivity contribution in [3.8, 4) is 5.75 Å². The molecule has 0 aliphatic carbocycles. The number of fused-ring (bicyclic) bond motifs is 3. The Kier molecular flexibility index (Phi) is 4.24. The monoisotopic (exact) mass is 367 g/mol. The van der Waals surface area contributed by atoms with Crippen molar-refractivity contribution in [2.45, 2.75) is 12.4 Å². The molecule has 0 bridgehead atoms. The van der Waals surface area contributed by atoms with E-state index in [9.17, 15) is 13.2 Å². The van der Waals surface area contributed by atoms with Gasteiger partial charge in [0.05, 0.1) is 6.04 Å². The molecule has 0 unspecified atom stereocenters. The van der Waals surface area contributed by atoms with E-state index in [1.807, 2.05) is 48.5 Å². The number of nitrogens with two attached hydrogens (primary N) is 1. The number of ether oxygens (including phenoxy) is 1. The fraction of sp³-hybridized carbons (Fsp3) is 0.0909. The van der Waals surface area contributed by atoms with Crippen molar-refractivity contribution in [2.75, 3.05) is 0 Å². The van der Waals surface area contributed by atoms with Gasteiger partial charge in [0.15, 0.2) is 0 Å². The van der Waals surface area contributed by atoms with E-state index in [4.69, 9.17) is 5.73 Å². The predicted molar refractivity (Wildman–Crippen MR) is 101 cm³/mol. The molecule has 0 saturated carbocycles. The second kappa shape index (κ2) is 6.59. The zero-order chi connectivity index (χ0) is 19.0. The van der Waals surface area contributed by atoms with Crippen LogP contribution in [0.25, 0.3) is 21.5 Å². The standard InChI is InChI=1S/C22H16F3NO/c23-22(24,25)27-16-11-9-14(10-12-16)21(26)20-13-15-5-1-2-6-17(15)18-7-3-4-8-19(18)20/h1-13,21H,26H2/t21-/m0/s1. The van der Waals surface area contributed by atoms with Crippen molar-refractivity contribution >= 4 is 21.5 Å². The van der Waals surface area contributed by atoms with Crippen molar-refractivity contribution < 1.29 is 17.9 Å². The van der Waals surface area contributed by atoms with Crippen LogP contribution in [0.15, 0.2) is 78.9 Å². The summed E-state index contributed by atoms with van der Waals surface area (Å²) in [5, 5.41) is 4.33. The number of hydrogen-bond donors (Lipinski definition) is 1. The van der Waals surface area contributed by atoms with Crippen LogP contribution in [0, 0.1) is 0 Å². The zero-order valence-corrected chi connectivity index (χ0v) is 14.2. The minimum absolute atomic E-state index is 0.262. The minimum Gasteiger partial charge on any atom is -0.406 e. The van der Waals surface area contributed by atoms with E-state index in [0.717, 1.165) is 27.1 Å². The van der Waals surface area contributed by atoms with Crippen LogP contribution in [-0.4, -0.2) is 6.36 Å². The minimum atomic E-state index is -4.71. The molecular weight excluding hydrogens is 351 g/mol. The van der Waals surface area contributed by atoms with Gasteiger partial charge in [0, 0.05) is 0 Å². The van der Waals surface area contributed by atoms with Gasteiger partial charge in [-0.15, -0.1) is 13.2 Å². The van der Waals surface area contributed by atoms with E-state index in [2.05, 4.69) is 10.8 Å². The summed E-state index contributed by atoms with van der Waals surface area (Å²) in [4.78, 5) is 0. The molecule has 2 N–H and O–H groups in total. The second-order valence-electron chi connectivity index (χ2n) is 6.33. The Labute approximate surface area is 154 Å². The van der Waals surface area contributed by atoms with Crippen LogP contribution in [0.2, 0.25) is 0 Å². The van der Waals surface area contributed by atoms with Crippen LogP contribution in [-0.2, 0) is 0 Å². The van der Waals surface area contributed by atoms with Crippen LogP contribution in [0.3, 0.4) is 0 Å². The molecule has 27 heavy (non-hydrogen) atoms. The maximum absolute atomic E-state index is 12.3. The van der Waals surface area contributed by atoms with Crippen LogP contribution < -0.4 is 10.5 Å². The third-order valence-electron chi connectivity index (χ3n) is 4.61. The highest BCUT2D eigenvalue weighted by Crippen LogP contribution is 2.34. The lowest BCUT2D eigenvalue weighted by molar-refractivity contribution is -0.274. The molecule has 4 aromatic rings. The molecule has 1 atom stereocenters. The maximum atomic E-state index is 12.3. The van der Waals surface area contributed by atoms with Gasteiger partial charge in [-0.05, 0) is 50.9 Å². The van der Waals surface area contributed by atoms with E-state index < -0.39 is 12.4 Å². The lowest BCUT2D eigenvalue weighted by Gasteiger charge is -2.18. The van der Waals surface area contributed by atoms with Gasteiger partial charge >= 0.3 is 6.36 Å². The average molecular weight is 367 g/mol. The highest BCUT2D eigenvalue weighted by Gasteiger charge is 2.31. The Morgan fingerprint density at radius 1 is 0.741 bits per heavy atom. The van der Waals surface area contributed by atoms with Gasteiger partial charge in [0.25, 0.3) is 0 Å². The first-order valence-corrected chi connectivity index (χ1v) is 8.44. The van der Waals surface area contributed by atoms with Crippen LogP contribution >= 0.6 is 0 Å². The van der Waals surface area contributed by atoms with Gasteiger partial charge in [-0.25, -0.2) is 0 Å². The molecular formula is C22H16F3NO. The van der Waals surface area contributed by atoms with Gasteiger partial charge in [0.1, 0.15) is 5.75 Å². The molecule has 4 aromatic carbocycles. The number of alkyl halides is 3. The van der Waals surface area contributed by atoms with Gasteiger partial charge < -0.3 is 10.5 Å². The summed E-state index contributed by atoms with van der Waals surface area (Å²) in [6, 6.07) is 23.3. The molecule has 0 saturated heterocycles. The Hall–Kier alpha value is -3.05. The molecule has 0 aliphatic rings. The van der Waals surface area contributed by atoms with Crippen molar-refractivity contribution in [1.82, 2.24) is 0 Å². The summed E-state index contributed by atoms with van der Waals surface area (Å²) in [6.07, 6.45) is -4.71.